The van der Waals surface area contributed by atoms with Gasteiger partial charge in [-0.1, -0.05) is 23.7 Å². The van der Waals surface area contributed by atoms with Crippen LogP contribution in [0.1, 0.15) is 29.9 Å². The van der Waals surface area contributed by atoms with Crippen LogP contribution in [0.3, 0.4) is 0 Å². The number of nitrogens with two attached hydrogens (primary N) is 1. The number of aryl methyl sites for hydroxylation is 1. The van der Waals surface area contributed by atoms with Gasteiger partial charge in [0.1, 0.15) is 5.82 Å². The summed E-state index contributed by atoms with van der Waals surface area (Å²) in [5, 5.41) is 0.728. The van der Waals surface area contributed by atoms with Crippen LogP contribution in [0.15, 0.2) is 30.6 Å². The number of nitrogens with zero attached hydrogens (tertiary/aromatic N) is 2. The van der Waals surface area contributed by atoms with Crippen LogP contribution >= 0.6 is 11.6 Å². The maximum atomic E-state index is 6.20. The lowest BCUT2D eigenvalue weighted by Gasteiger charge is -2.10. The molecule has 1 unspecified atom stereocenters. The van der Waals surface area contributed by atoms with Crippen LogP contribution in [0.2, 0.25) is 5.02 Å². The second-order valence-electron chi connectivity index (χ2n) is 4.28. The number of aromatic nitrogens is 2. The molecule has 0 fully saturated rings. The van der Waals surface area contributed by atoms with Crippen LogP contribution < -0.4 is 5.73 Å². The van der Waals surface area contributed by atoms with Crippen molar-refractivity contribution in [3.8, 4) is 0 Å². The summed E-state index contributed by atoms with van der Waals surface area (Å²) >= 11 is 6.20. The Kier molecular flexibility index (Phi) is 3.50. The summed E-state index contributed by atoms with van der Waals surface area (Å²) in [7, 11) is 1.99. The smallest absolute Gasteiger partial charge is 0.112 e. The Morgan fingerprint density at radius 2 is 2.24 bits per heavy atom. The molecule has 1 aromatic heterocycles. The highest BCUT2D eigenvalue weighted by Crippen LogP contribution is 2.23. The normalized spacial score (nSPS) is 12.7. The van der Waals surface area contributed by atoms with Gasteiger partial charge in [0.05, 0.1) is 0 Å². The molecule has 0 saturated heterocycles. The highest BCUT2D eigenvalue weighted by molar-refractivity contribution is 6.31. The molecule has 2 aromatic rings. The SMILES string of the molecule is CC(N)c1ccc(Cc2nccn2C)cc1Cl. The van der Waals surface area contributed by atoms with Gasteiger partial charge in [-0.25, -0.2) is 4.98 Å². The fourth-order valence-corrected chi connectivity index (χ4v) is 2.17. The second-order valence-corrected chi connectivity index (χ2v) is 4.68. The molecule has 0 bridgehead atoms. The lowest BCUT2D eigenvalue weighted by molar-refractivity contribution is 0.810. The quantitative estimate of drug-likeness (QED) is 0.909. The van der Waals surface area contributed by atoms with Crippen molar-refractivity contribution in [2.75, 3.05) is 0 Å². The number of hydrogen-bond acceptors (Lipinski definition) is 2. The van der Waals surface area contributed by atoms with Crippen molar-refractivity contribution < 1.29 is 0 Å². The average molecular weight is 250 g/mol. The molecule has 0 saturated carbocycles. The Labute approximate surface area is 106 Å². The predicted molar refractivity (Wildman–Crippen MR) is 70.1 cm³/mol. The molecule has 4 heteroatoms. The van der Waals surface area contributed by atoms with E-state index in [1.165, 1.54) is 0 Å². The third-order valence-corrected chi connectivity index (χ3v) is 3.17. The molecule has 90 valence electrons. The van der Waals surface area contributed by atoms with Crippen LogP contribution in [0.5, 0.6) is 0 Å². The molecular formula is C13H16ClN3. The first-order valence-corrected chi connectivity index (χ1v) is 5.96. The molecule has 1 aromatic carbocycles. The summed E-state index contributed by atoms with van der Waals surface area (Å²) in [4.78, 5) is 4.29. The lowest BCUT2D eigenvalue weighted by atomic mass is 10.0. The molecule has 1 atom stereocenters. The highest BCUT2D eigenvalue weighted by atomic mass is 35.5. The van der Waals surface area contributed by atoms with E-state index in [2.05, 4.69) is 11.1 Å². The largest absolute Gasteiger partial charge is 0.338 e. The average Bonchev–Trinajstić information content (AvgIpc) is 2.64. The Balaban J connectivity index is 2.24. The van der Waals surface area contributed by atoms with Gasteiger partial charge in [0.25, 0.3) is 0 Å². The molecule has 0 aliphatic rings. The minimum Gasteiger partial charge on any atom is -0.338 e. The van der Waals surface area contributed by atoms with Gasteiger partial charge in [0.2, 0.25) is 0 Å². The van der Waals surface area contributed by atoms with E-state index in [0.717, 1.165) is 28.4 Å². The van der Waals surface area contributed by atoms with Crippen molar-refractivity contribution in [1.29, 1.82) is 0 Å². The lowest BCUT2D eigenvalue weighted by Crippen LogP contribution is -2.06. The van der Waals surface area contributed by atoms with E-state index in [4.69, 9.17) is 17.3 Å². The van der Waals surface area contributed by atoms with E-state index in [1.54, 1.807) is 6.20 Å². The van der Waals surface area contributed by atoms with Crippen LogP contribution in [-0.4, -0.2) is 9.55 Å². The van der Waals surface area contributed by atoms with Crippen molar-refractivity contribution in [3.05, 3.63) is 52.6 Å². The standard InChI is InChI=1S/C13H16ClN3/c1-9(15)11-4-3-10(7-12(11)14)8-13-16-5-6-17(13)2/h3-7,9H,8,15H2,1-2H3. The topological polar surface area (TPSA) is 43.8 Å². The fraction of sp³-hybridized carbons (Fsp3) is 0.308. The minimum absolute atomic E-state index is 0.0373. The zero-order valence-corrected chi connectivity index (χ0v) is 10.8. The minimum atomic E-state index is -0.0373. The van der Waals surface area contributed by atoms with E-state index in [1.807, 2.05) is 36.9 Å². The van der Waals surface area contributed by atoms with Crippen molar-refractivity contribution in [1.82, 2.24) is 9.55 Å². The van der Waals surface area contributed by atoms with Gasteiger partial charge in [-0.2, -0.15) is 0 Å². The first kappa shape index (κ1) is 12.1. The van der Waals surface area contributed by atoms with Gasteiger partial charge in [-0.05, 0) is 24.1 Å². The van der Waals surface area contributed by atoms with Crippen LogP contribution in [-0.2, 0) is 13.5 Å². The van der Waals surface area contributed by atoms with Gasteiger partial charge in [0, 0.05) is 36.9 Å². The van der Waals surface area contributed by atoms with E-state index in [-0.39, 0.29) is 6.04 Å². The molecule has 1 heterocycles. The molecule has 0 aliphatic carbocycles. The van der Waals surface area contributed by atoms with Gasteiger partial charge in [-0.3, -0.25) is 0 Å². The van der Waals surface area contributed by atoms with Crippen molar-refractivity contribution in [2.24, 2.45) is 12.8 Å². The summed E-state index contributed by atoms with van der Waals surface area (Å²) in [6.07, 6.45) is 4.52. The Hall–Kier alpha value is -1.32. The van der Waals surface area contributed by atoms with Gasteiger partial charge < -0.3 is 10.3 Å². The van der Waals surface area contributed by atoms with Gasteiger partial charge >= 0.3 is 0 Å². The number of benzene rings is 1. The van der Waals surface area contributed by atoms with Crippen LogP contribution in [0.4, 0.5) is 0 Å². The Morgan fingerprint density at radius 1 is 1.47 bits per heavy atom. The summed E-state index contributed by atoms with van der Waals surface area (Å²) in [6, 6.07) is 5.98. The first-order valence-electron chi connectivity index (χ1n) is 5.58. The number of imidazole rings is 1. The predicted octanol–water partition coefficient (Wildman–Crippen LogP) is 2.68. The zero-order valence-electron chi connectivity index (χ0n) is 10.0. The molecule has 2 rings (SSSR count). The van der Waals surface area contributed by atoms with E-state index >= 15 is 0 Å². The molecule has 0 aliphatic heterocycles. The van der Waals surface area contributed by atoms with E-state index in [0.29, 0.717) is 0 Å². The maximum Gasteiger partial charge on any atom is 0.112 e. The Bertz CT molecular complexity index is 517. The monoisotopic (exact) mass is 249 g/mol. The number of rotatable bonds is 3. The number of hydrogen-bond donors (Lipinski definition) is 1. The third-order valence-electron chi connectivity index (χ3n) is 2.84. The Morgan fingerprint density at radius 3 is 2.76 bits per heavy atom. The van der Waals surface area contributed by atoms with Crippen LogP contribution in [0, 0.1) is 0 Å². The number of halogens is 1. The summed E-state index contributed by atoms with van der Waals surface area (Å²) < 4.78 is 2.01. The molecule has 0 spiro atoms. The maximum absolute atomic E-state index is 6.20. The zero-order chi connectivity index (χ0) is 12.4. The van der Waals surface area contributed by atoms with E-state index in [9.17, 15) is 0 Å². The molecule has 17 heavy (non-hydrogen) atoms. The summed E-state index contributed by atoms with van der Waals surface area (Å²) in [5.41, 5.74) is 7.95. The van der Waals surface area contributed by atoms with Crippen LogP contribution in [0.25, 0.3) is 0 Å². The molecule has 2 N–H and O–H groups in total. The molecule has 0 radical (unpaired) electrons. The fourth-order valence-electron chi connectivity index (χ4n) is 1.80. The van der Waals surface area contributed by atoms with Gasteiger partial charge in [-0.15, -0.1) is 0 Å². The highest BCUT2D eigenvalue weighted by Gasteiger charge is 2.07. The summed E-state index contributed by atoms with van der Waals surface area (Å²) in [5.74, 6) is 1.02. The molecule has 0 amide bonds. The van der Waals surface area contributed by atoms with Crippen molar-refractivity contribution in [2.45, 2.75) is 19.4 Å². The van der Waals surface area contributed by atoms with Crippen molar-refractivity contribution >= 4 is 11.6 Å². The molecular weight excluding hydrogens is 234 g/mol. The first-order chi connectivity index (χ1) is 8.08. The van der Waals surface area contributed by atoms with Crippen molar-refractivity contribution in [3.63, 3.8) is 0 Å². The second kappa shape index (κ2) is 4.90. The van der Waals surface area contributed by atoms with E-state index < -0.39 is 0 Å². The molecule has 3 nitrogen and oxygen atoms in total. The summed E-state index contributed by atoms with van der Waals surface area (Å²) in [6.45, 7) is 1.93. The third kappa shape index (κ3) is 2.68. The van der Waals surface area contributed by atoms with Gasteiger partial charge in [0.15, 0.2) is 0 Å².